The number of rotatable bonds is 4. The van der Waals surface area contributed by atoms with E-state index in [-0.39, 0.29) is 0 Å². The summed E-state index contributed by atoms with van der Waals surface area (Å²) < 4.78 is 2.11. The van der Waals surface area contributed by atoms with Crippen LogP contribution in [-0.4, -0.2) is 14.5 Å². The van der Waals surface area contributed by atoms with Crippen molar-refractivity contribution >= 4 is 17.0 Å². The van der Waals surface area contributed by atoms with Gasteiger partial charge in [0.05, 0.1) is 24.8 Å². The van der Waals surface area contributed by atoms with Crippen LogP contribution in [0.5, 0.6) is 0 Å². The number of nitrogens with two attached hydrogens (primary N) is 1. The van der Waals surface area contributed by atoms with Crippen molar-refractivity contribution in [2.45, 2.75) is 19.9 Å². The van der Waals surface area contributed by atoms with Crippen molar-refractivity contribution in [2.75, 3.05) is 5.73 Å². The zero-order valence-electron chi connectivity index (χ0n) is 11.3. The molecule has 0 saturated heterocycles. The first-order valence-electron chi connectivity index (χ1n) is 6.55. The molecular formula is C15H16N4S. The summed E-state index contributed by atoms with van der Waals surface area (Å²) in [6, 6.07) is 6.18. The molecule has 3 heterocycles. The number of aromatic nitrogens is 3. The van der Waals surface area contributed by atoms with E-state index in [1.54, 1.807) is 12.4 Å². The molecule has 3 aromatic rings. The van der Waals surface area contributed by atoms with Crippen LogP contribution in [0.25, 0.3) is 11.3 Å². The molecule has 0 aliphatic carbocycles. The van der Waals surface area contributed by atoms with Crippen LogP contribution in [-0.2, 0) is 13.0 Å². The number of aryl methyl sites for hydroxylation is 1. The zero-order chi connectivity index (χ0) is 13.9. The fraction of sp³-hybridized carbons (Fsp3) is 0.200. The summed E-state index contributed by atoms with van der Waals surface area (Å²) in [6.45, 7) is 2.99. The van der Waals surface area contributed by atoms with Crippen LogP contribution in [0.2, 0.25) is 0 Å². The first-order valence-corrected chi connectivity index (χ1v) is 7.37. The normalized spacial score (nSPS) is 10.8. The molecule has 5 heteroatoms. The molecule has 0 aliphatic heterocycles. The Bertz CT molecular complexity index is 714. The summed E-state index contributed by atoms with van der Waals surface area (Å²) in [5.74, 6) is 0. The lowest BCUT2D eigenvalue weighted by molar-refractivity contribution is 0.817. The Balaban J connectivity index is 1.92. The molecule has 102 valence electrons. The van der Waals surface area contributed by atoms with E-state index in [0.29, 0.717) is 0 Å². The molecule has 0 amide bonds. The summed E-state index contributed by atoms with van der Waals surface area (Å²) in [7, 11) is 0. The highest BCUT2D eigenvalue weighted by atomic mass is 32.1. The first-order chi connectivity index (χ1) is 9.78. The summed E-state index contributed by atoms with van der Waals surface area (Å²) in [5.41, 5.74) is 8.68. The molecule has 0 saturated carbocycles. The highest BCUT2D eigenvalue weighted by Crippen LogP contribution is 2.26. The van der Waals surface area contributed by atoms with Gasteiger partial charge in [-0.1, -0.05) is 6.92 Å². The monoisotopic (exact) mass is 284 g/mol. The lowest BCUT2D eigenvalue weighted by Gasteiger charge is -2.08. The molecule has 4 nitrogen and oxygen atoms in total. The van der Waals surface area contributed by atoms with Crippen LogP contribution in [0.15, 0.2) is 43.1 Å². The van der Waals surface area contributed by atoms with E-state index in [1.807, 2.05) is 29.9 Å². The number of thiophene rings is 1. The average Bonchev–Trinajstić information content (AvgIpc) is 3.09. The lowest BCUT2D eigenvalue weighted by Crippen LogP contribution is -2.00. The Hall–Kier alpha value is -2.14. The number of hydrogen-bond acceptors (Lipinski definition) is 4. The van der Waals surface area contributed by atoms with Crippen molar-refractivity contribution in [2.24, 2.45) is 0 Å². The minimum absolute atomic E-state index is 0.724. The molecule has 3 aromatic heterocycles. The number of anilines is 1. The second kappa shape index (κ2) is 5.46. The largest absolute Gasteiger partial charge is 0.398 e. The Morgan fingerprint density at radius 1 is 1.15 bits per heavy atom. The van der Waals surface area contributed by atoms with Gasteiger partial charge in [-0.15, -0.1) is 11.3 Å². The summed E-state index contributed by atoms with van der Waals surface area (Å²) in [5, 5.41) is 0. The van der Waals surface area contributed by atoms with Gasteiger partial charge in [0.1, 0.15) is 0 Å². The predicted octanol–water partition coefficient (Wildman–Crippen LogP) is 3.20. The molecule has 3 rings (SSSR count). The van der Waals surface area contributed by atoms with Crippen LogP contribution < -0.4 is 5.73 Å². The summed E-state index contributed by atoms with van der Waals surface area (Å²) in [4.78, 5) is 11.1. The second-order valence-corrected chi connectivity index (χ2v) is 5.84. The van der Waals surface area contributed by atoms with Gasteiger partial charge < -0.3 is 10.3 Å². The van der Waals surface area contributed by atoms with Gasteiger partial charge in [0.25, 0.3) is 0 Å². The minimum atomic E-state index is 0.724. The fourth-order valence-electron chi connectivity index (χ4n) is 2.16. The Kier molecular flexibility index (Phi) is 3.52. The van der Waals surface area contributed by atoms with Gasteiger partial charge >= 0.3 is 0 Å². The van der Waals surface area contributed by atoms with Gasteiger partial charge in [-0.2, -0.15) is 0 Å². The molecule has 0 radical (unpaired) electrons. The Morgan fingerprint density at radius 2 is 2.00 bits per heavy atom. The van der Waals surface area contributed by atoms with E-state index in [4.69, 9.17) is 5.73 Å². The van der Waals surface area contributed by atoms with E-state index in [0.717, 1.165) is 29.9 Å². The molecule has 0 aromatic carbocycles. The molecule has 0 unspecified atom stereocenters. The highest BCUT2D eigenvalue weighted by Gasteiger charge is 2.09. The molecule has 0 atom stereocenters. The SMILES string of the molecule is CCc1ccc(Cn2cncc2-c2cnccc2N)s1. The number of nitrogens with zero attached hydrogens (tertiary/aromatic N) is 3. The molecular weight excluding hydrogens is 268 g/mol. The van der Waals surface area contributed by atoms with Crippen molar-refractivity contribution in [3.63, 3.8) is 0 Å². The highest BCUT2D eigenvalue weighted by molar-refractivity contribution is 7.11. The van der Waals surface area contributed by atoms with Crippen LogP contribution in [0.4, 0.5) is 5.69 Å². The fourth-order valence-corrected chi connectivity index (χ4v) is 3.11. The third-order valence-electron chi connectivity index (χ3n) is 3.24. The van der Waals surface area contributed by atoms with Crippen molar-refractivity contribution in [3.8, 4) is 11.3 Å². The molecule has 0 spiro atoms. The number of pyridine rings is 1. The van der Waals surface area contributed by atoms with Crippen molar-refractivity contribution in [1.82, 2.24) is 14.5 Å². The van der Waals surface area contributed by atoms with Crippen molar-refractivity contribution in [1.29, 1.82) is 0 Å². The third kappa shape index (κ3) is 2.44. The number of hydrogen-bond donors (Lipinski definition) is 1. The predicted molar refractivity (Wildman–Crippen MR) is 82.7 cm³/mol. The maximum atomic E-state index is 6.02. The van der Waals surface area contributed by atoms with E-state index in [9.17, 15) is 0 Å². The van der Waals surface area contributed by atoms with Crippen LogP contribution in [0, 0.1) is 0 Å². The van der Waals surface area contributed by atoms with E-state index < -0.39 is 0 Å². The molecule has 0 bridgehead atoms. The molecule has 2 N–H and O–H groups in total. The topological polar surface area (TPSA) is 56.7 Å². The summed E-state index contributed by atoms with van der Waals surface area (Å²) >= 11 is 1.84. The maximum absolute atomic E-state index is 6.02. The van der Waals surface area contributed by atoms with Gasteiger partial charge in [-0.3, -0.25) is 4.98 Å². The molecule has 20 heavy (non-hydrogen) atoms. The van der Waals surface area contributed by atoms with Crippen LogP contribution in [0.1, 0.15) is 16.7 Å². The van der Waals surface area contributed by atoms with Gasteiger partial charge in [0.2, 0.25) is 0 Å². The lowest BCUT2D eigenvalue weighted by atomic mass is 10.2. The maximum Gasteiger partial charge on any atom is 0.0954 e. The average molecular weight is 284 g/mol. The smallest absolute Gasteiger partial charge is 0.0954 e. The van der Waals surface area contributed by atoms with Crippen LogP contribution >= 0.6 is 11.3 Å². The van der Waals surface area contributed by atoms with E-state index in [2.05, 4.69) is 33.6 Å². The van der Waals surface area contributed by atoms with Crippen LogP contribution in [0.3, 0.4) is 0 Å². The van der Waals surface area contributed by atoms with Gasteiger partial charge in [-0.05, 0) is 24.6 Å². The van der Waals surface area contributed by atoms with E-state index >= 15 is 0 Å². The van der Waals surface area contributed by atoms with Gasteiger partial charge in [-0.25, -0.2) is 4.98 Å². The van der Waals surface area contributed by atoms with Gasteiger partial charge in [0.15, 0.2) is 0 Å². The number of nitrogen functional groups attached to an aromatic ring is 1. The molecule has 0 fully saturated rings. The Labute approximate surface area is 121 Å². The Morgan fingerprint density at radius 3 is 2.75 bits per heavy atom. The molecule has 0 aliphatic rings. The number of imidazole rings is 1. The van der Waals surface area contributed by atoms with Crippen molar-refractivity contribution in [3.05, 3.63) is 52.9 Å². The third-order valence-corrected chi connectivity index (χ3v) is 4.45. The van der Waals surface area contributed by atoms with Crippen molar-refractivity contribution < 1.29 is 0 Å². The quantitative estimate of drug-likeness (QED) is 0.800. The standard InChI is InChI=1S/C15H16N4S/c1-2-11-3-4-12(20-11)9-19-10-18-8-15(19)13-7-17-6-5-14(13)16/h3-8,10H,2,9H2,1H3,(H2,16,17). The summed E-state index contributed by atoms with van der Waals surface area (Å²) in [6.07, 6.45) is 8.24. The minimum Gasteiger partial charge on any atom is -0.398 e. The van der Waals surface area contributed by atoms with Gasteiger partial charge in [0, 0.05) is 33.4 Å². The van der Waals surface area contributed by atoms with E-state index in [1.165, 1.54) is 9.75 Å². The second-order valence-electron chi connectivity index (χ2n) is 4.59. The first kappa shape index (κ1) is 12.9. The zero-order valence-corrected chi connectivity index (χ0v) is 12.1.